The Balaban J connectivity index is 1.35. The predicted octanol–water partition coefficient (Wildman–Crippen LogP) is 10.1. The fraction of sp³-hybridized carbons (Fsp3) is 0. The molecule has 9 aromatic rings. The van der Waals surface area contributed by atoms with Gasteiger partial charge in [-0.25, -0.2) is 0 Å². The van der Waals surface area contributed by atoms with Crippen molar-refractivity contribution in [1.82, 2.24) is 14.1 Å². The van der Waals surface area contributed by atoms with Crippen LogP contribution in [0, 0.1) is 0 Å². The van der Waals surface area contributed by atoms with Crippen molar-refractivity contribution in [3.63, 3.8) is 0 Å². The van der Waals surface area contributed by atoms with E-state index in [9.17, 15) is 0 Å². The largest absolute Gasteiger partial charge is 0.309 e. The van der Waals surface area contributed by atoms with Crippen molar-refractivity contribution in [3.8, 4) is 22.5 Å². The van der Waals surface area contributed by atoms with Crippen LogP contribution in [0.25, 0.3) is 77.0 Å². The average molecular weight is 536 g/mol. The van der Waals surface area contributed by atoms with E-state index in [1.807, 2.05) is 12.3 Å². The van der Waals surface area contributed by atoms with Gasteiger partial charge in [0.25, 0.3) is 0 Å². The van der Waals surface area contributed by atoms with E-state index in [0.717, 1.165) is 27.9 Å². The lowest BCUT2D eigenvalue weighted by atomic mass is 9.99. The van der Waals surface area contributed by atoms with Crippen LogP contribution in [0.2, 0.25) is 0 Å². The first-order chi connectivity index (χ1) is 20.8. The summed E-state index contributed by atoms with van der Waals surface area (Å²) in [6, 6.07) is 52.3. The fourth-order valence-electron chi connectivity index (χ4n) is 6.70. The van der Waals surface area contributed by atoms with E-state index >= 15 is 0 Å². The fourth-order valence-corrected chi connectivity index (χ4v) is 6.70. The van der Waals surface area contributed by atoms with Gasteiger partial charge in [-0.3, -0.25) is 4.98 Å². The second-order valence-corrected chi connectivity index (χ2v) is 10.9. The summed E-state index contributed by atoms with van der Waals surface area (Å²) in [7, 11) is 0. The number of aromatic nitrogens is 3. The van der Waals surface area contributed by atoms with Crippen LogP contribution in [0.1, 0.15) is 0 Å². The molecule has 196 valence electrons. The molecule has 0 aliphatic heterocycles. The maximum Gasteiger partial charge on any atom is 0.0969 e. The first-order valence-electron chi connectivity index (χ1n) is 14.3. The molecule has 6 aromatic carbocycles. The van der Waals surface area contributed by atoms with Crippen LogP contribution in [0.15, 0.2) is 152 Å². The van der Waals surface area contributed by atoms with E-state index in [0.29, 0.717) is 0 Å². The second kappa shape index (κ2) is 8.92. The summed E-state index contributed by atoms with van der Waals surface area (Å²) in [4.78, 5) is 4.91. The van der Waals surface area contributed by atoms with E-state index in [4.69, 9.17) is 4.98 Å². The number of benzene rings is 6. The highest BCUT2D eigenvalue weighted by atomic mass is 15.0. The number of pyridine rings is 1. The molecule has 3 nitrogen and oxygen atoms in total. The third kappa shape index (κ3) is 3.31. The lowest BCUT2D eigenvalue weighted by molar-refractivity contribution is 1.18. The van der Waals surface area contributed by atoms with Gasteiger partial charge < -0.3 is 9.13 Å². The van der Waals surface area contributed by atoms with E-state index in [1.54, 1.807) is 0 Å². The van der Waals surface area contributed by atoms with E-state index in [1.165, 1.54) is 49.1 Å². The quantitative estimate of drug-likeness (QED) is 0.221. The van der Waals surface area contributed by atoms with Crippen LogP contribution in [0.5, 0.6) is 0 Å². The molecule has 3 heterocycles. The van der Waals surface area contributed by atoms with Crippen LogP contribution in [-0.4, -0.2) is 14.1 Å². The molecule has 0 unspecified atom stereocenters. The smallest absolute Gasteiger partial charge is 0.0969 e. The van der Waals surface area contributed by atoms with Gasteiger partial charge in [0.1, 0.15) is 0 Å². The van der Waals surface area contributed by atoms with Crippen LogP contribution in [0.3, 0.4) is 0 Å². The summed E-state index contributed by atoms with van der Waals surface area (Å²) in [5.41, 5.74) is 10.3. The SMILES string of the molecule is c1ccc(-n2c3cccnc3c3c(-c4ccc5c6ccccc6n(-c6ccc7ccccc7c6)c5c4)cccc32)cc1. The van der Waals surface area contributed by atoms with Gasteiger partial charge in [-0.05, 0) is 76.5 Å². The molecule has 0 saturated carbocycles. The van der Waals surface area contributed by atoms with Gasteiger partial charge in [-0.15, -0.1) is 0 Å². The van der Waals surface area contributed by atoms with E-state index < -0.39 is 0 Å². The molecule has 0 aliphatic rings. The Labute approximate surface area is 242 Å². The number of hydrogen-bond donors (Lipinski definition) is 0. The number of nitrogens with zero attached hydrogens (tertiary/aromatic N) is 3. The summed E-state index contributed by atoms with van der Waals surface area (Å²) < 4.78 is 4.73. The monoisotopic (exact) mass is 535 g/mol. The van der Waals surface area contributed by atoms with E-state index in [-0.39, 0.29) is 0 Å². The van der Waals surface area contributed by atoms with Crippen LogP contribution in [-0.2, 0) is 0 Å². The van der Waals surface area contributed by atoms with Gasteiger partial charge in [0, 0.05) is 33.7 Å². The molecule has 42 heavy (non-hydrogen) atoms. The van der Waals surface area contributed by atoms with Gasteiger partial charge in [-0.1, -0.05) is 91.0 Å². The molecular weight excluding hydrogens is 510 g/mol. The number of rotatable bonds is 3. The number of para-hydroxylation sites is 2. The summed E-state index contributed by atoms with van der Waals surface area (Å²) >= 11 is 0. The maximum absolute atomic E-state index is 4.91. The third-order valence-electron chi connectivity index (χ3n) is 8.54. The van der Waals surface area contributed by atoms with Gasteiger partial charge in [0.05, 0.1) is 27.6 Å². The Morgan fingerprint density at radius 3 is 2.10 bits per heavy atom. The average Bonchev–Trinajstić information content (AvgIpc) is 3.57. The summed E-state index contributed by atoms with van der Waals surface area (Å²) in [6.45, 7) is 0. The topological polar surface area (TPSA) is 22.8 Å². The highest BCUT2D eigenvalue weighted by molar-refractivity contribution is 6.16. The van der Waals surface area contributed by atoms with Crippen molar-refractivity contribution in [2.45, 2.75) is 0 Å². The third-order valence-corrected chi connectivity index (χ3v) is 8.54. The lowest BCUT2D eigenvalue weighted by Gasteiger charge is -2.11. The molecule has 0 atom stereocenters. The normalized spacial score (nSPS) is 11.8. The minimum absolute atomic E-state index is 1.02. The Hall–Kier alpha value is -5.67. The Morgan fingerprint density at radius 2 is 1.17 bits per heavy atom. The van der Waals surface area contributed by atoms with Crippen LogP contribution >= 0.6 is 0 Å². The summed E-state index contributed by atoms with van der Waals surface area (Å²) in [5.74, 6) is 0. The molecular formula is C39H25N3. The molecule has 3 heteroatoms. The first-order valence-corrected chi connectivity index (χ1v) is 14.3. The molecule has 0 spiro atoms. The molecule has 9 rings (SSSR count). The Morgan fingerprint density at radius 1 is 0.429 bits per heavy atom. The zero-order chi connectivity index (χ0) is 27.6. The maximum atomic E-state index is 4.91. The number of hydrogen-bond acceptors (Lipinski definition) is 1. The van der Waals surface area contributed by atoms with E-state index in [2.05, 4.69) is 149 Å². The van der Waals surface area contributed by atoms with Crippen molar-refractivity contribution < 1.29 is 0 Å². The molecule has 0 amide bonds. The molecule has 0 aliphatic carbocycles. The standard InChI is InChI=1S/C39H25N3/c1-2-12-29(13-3-1)41-35-17-8-15-31(38(35)39-36(41)18-9-23-40-39)28-20-22-33-32-14-6-7-16-34(32)42(37(33)25-28)30-21-19-26-10-4-5-11-27(26)24-30/h1-25H. The molecule has 3 aromatic heterocycles. The van der Waals surface area contributed by atoms with Crippen molar-refractivity contribution in [1.29, 1.82) is 0 Å². The van der Waals surface area contributed by atoms with Crippen LogP contribution < -0.4 is 0 Å². The zero-order valence-electron chi connectivity index (χ0n) is 22.8. The summed E-state index contributed by atoms with van der Waals surface area (Å²) in [6.07, 6.45) is 1.90. The highest BCUT2D eigenvalue weighted by Crippen LogP contribution is 2.40. The molecule has 0 saturated heterocycles. The molecule has 0 bridgehead atoms. The van der Waals surface area contributed by atoms with Gasteiger partial charge in [0.2, 0.25) is 0 Å². The molecule has 0 fully saturated rings. The highest BCUT2D eigenvalue weighted by Gasteiger charge is 2.18. The van der Waals surface area contributed by atoms with Crippen molar-refractivity contribution >= 4 is 54.5 Å². The summed E-state index contributed by atoms with van der Waals surface area (Å²) in [5, 5.41) is 6.16. The van der Waals surface area contributed by atoms with Crippen molar-refractivity contribution in [2.75, 3.05) is 0 Å². The molecule has 0 N–H and O–H groups in total. The predicted molar refractivity (Wildman–Crippen MR) is 176 cm³/mol. The minimum atomic E-state index is 1.02. The van der Waals surface area contributed by atoms with Crippen LogP contribution in [0.4, 0.5) is 0 Å². The molecule has 0 radical (unpaired) electrons. The Bertz CT molecular complexity index is 2460. The first kappa shape index (κ1) is 23.1. The minimum Gasteiger partial charge on any atom is -0.309 e. The van der Waals surface area contributed by atoms with Gasteiger partial charge in [-0.2, -0.15) is 0 Å². The lowest BCUT2D eigenvalue weighted by Crippen LogP contribution is -1.94. The van der Waals surface area contributed by atoms with Crippen molar-refractivity contribution in [2.24, 2.45) is 0 Å². The van der Waals surface area contributed by atoms with Gasteiger partial charge >= 0.3 is 0 Å². The zero-order valence-corrected chi connectivity index (χ0v) is 22.8. The van der Waals surface area contributed by atoms with Crippen molar-refractivity contribution in [3.05, 3.63) is 152 Å². The Kier molecular flexibility index (Phi) is 4.90. The second-order valence-electron chi connectivity index (χ2n) is 10.9. The van der Waals surface area contributed by atoms with Gasteiger partial charge in [0.15, 0.2) is 0 Å². The number of fused-ring (bicyclic) bond motifs is 7.